The Kier molecular flexibility index (Phi) is 6.30. The van der Waals surface area contributed by atoms with Gasteiger partial charge in [0.15, 0.2) is 0 Å². The summed E-state index contributed by atoms with van der Waals surface area (Å²) in [5.41, 5.74) is 5.92. The Labute approximate surface area is 123 Å². The third-order valence-electron chi connectivity index (χ3n) is 4.99. The summed E-state index contributed by atoms with van der Waals surface area (Å²) in [5.74, 6) is 0.974. The third kappa shape index (κ3) is 5.06. The number of carbonyl (C=O) groups excluding carboxylic acids is 1. The normalized spacial score (nSPS) is 32.0. The van der Waals surface area contributed by atoms with Gasteiger partial charge in [-0.25, -0.2) is 0 Å². The number of piperidine rings is 1. The average molecular weight is 281 g/mol. The Morgan fingerprint density at radius 1 is 1.25 bits per heavy atom. The highest BCUT2D eigenvalue weighted by molar-refractivity contribution is 5.76. The predicted octanol–water partition coefficient (Wildman–Crippen LogP) is 1.88. The van der Waals surface area contributed by atoms with Gasteiger partial charge in [-0.2, -0.15) is 0 Å². The molecule has 1 saturated heterocycles. The molecule has 4 nitrogen and oxygen atoms in total. The molecular formula is C16H31N3O. The molecule has 4 heteroatoms. The van der Waals surface area contributed by atoms with Crippen LogP contribution in [0.1, 0.15) is 58.3 Å². The molecule has 116 valence electrons. The molecule has 0 spiro atoms. The van der Waals surface area contributed by atoms with Crippen LogP contribution in [0.2, 0.25) is 0 Å². The van der Waals surface area contributed by atoms with Crippen molar-refractivity contribution in [2.45, 2.75) is 70.4 Å². The fraction of sp³-hybridized carbons (Fsp3) is 0.938. The van der Waals surface area contributed by atoms with Crippen LogP contribution in [0.15, 0.2) is 0 Å². The van der Waals surface area contributed by atoms with E-state index in [0.29, 0.717) is 18.5 Å². The number of hydrogen-bond donors (Lipinski definition) is 2. The quantitative estimate of drug-likeness (QED) is 0.809. The standard InChI is InChI=1S/C16H31N3O/c1-2-19-11-3-4-15(12-19)18-16(20)10-7-13-5-8-14(17)9-6-13/h13-15H,2-12,17H2,1H3,(H,18,20). The maximum Gasteiger partial charge on any atom is 0.220 e. The Hall–Kier alpha value is -0.610. The molecule has 1 amide bonds. The van der Waals surface area contributed by atoms with Gasteiger partial charge in [0.25, 0.3) is 0 Å². The monoisotopic (exact) mass is 281 g/mol. The van der Waals surface area contributed by atoms with Crippen molar-refractivity contribution in [1.82, 2.24) is 10.2 Å². The first-order valence-electron chi connectivity index (χ1n) is 8.44. The lowest BCUT2D eigenvalue weighted by molar-refractivity contribution is -0.122. The first-order valence-corrected chi connectivity index (χ1v) is 8.44. The minimum absolute atomic E-state index is 0.253. The van der Waals surface area contributed by atoms with Gasteiger partial charge in [-0.3, -0.25) is 4.79 Å². The van der Waals surface area contributed by atoms with E-state index in [1.165, 1.54) is 25.8 Å². The van der Waals surface area contributed by atoms with Crippen molar-refractivity contribution in [2.75, 3.05) is 19.6 Å². The second kappa shape index (κ2) is 7.99. The summed E-state index contributed by atoms with van der Waals surface area (Å²) in [6, 6.07) is 0.776. The Morgan fingerprint density at radius 3 is 2.70 bits per heavy atom. The van der Waals surface area contributed by atoms with Crippen molar-refractivity contribution in [1.29, 1.82) is 0 Å². The second-order valence-electron chi connectivity index (χ2n) is 6.62. The first kappa shape index (κ1) is 15.8. The molecule has 0 aromatic heterocycles. The second-order valence-corrected chi connectivity index (χ2v) is 6.62. The number of likely N-dealkylation sites (tertiary alicyclic amines) is 1. The highest BCUT2D eigenvalue weighted by Gasteiger charge is 2.22. The Morgan fingerprint density at radius 2 is 2.00 bits per heavy atom. The molecular weight excluding hydrogens is 250 g/mol. The summed E-state index contributed by atoms with van der Waals surface area (Å²) in [5, 5.41) is 3.23. The van der Waals surface area contributed by atoms with E-state index in [9.17, 15) is 4.79 Å². The van der Waals surface area contributed by atoms with Crippen LogP contribution in [-0.2, 0) is 4.79 Å². The summed E-state index contributed by atoms with van der Waals surface area (Å²) in [6.45, 7) is 5.50. The van der Waals surface area contributed by atoms with Crippen molar-refractivity contribution in [2.24, 2.45) is 11.7 Å². The number of carbonyl (C=O) groups is 1. The van der Waals surface area contributed by atoms with E-state index in [0.717, 1.165) is 44.7 Å². The lowest BCUT2D eigenvalue weighted by atomic mass is 9.84. The number of amides is 1. The number of nitrogens with zero attached hydrogens (tertiary/aromatic N) is 1. The van der Waals surface area contributed by atoms with Gasteiger partial charge < -0.3 is 16.0 Å². The molecule has 1 aliphatic carbocycles. The highest BCUT2D eigenvalue weighted by atomic mass is 16.1. The zero-order valence-electron chi connectivity index (χ0n) is 12.9. The molecule has 1 heterocycles. The SMILES string of the molecule is CCN1CCCC(NC(=O)CCC2CCC(N)CC2)C1. The molecule has 0 aromatic carbocycles. The molecule has 0 radical (unpaired) electrons. The van der Waals surface area contributed by atoms with E-state index >= 15 is 0 Å². The molecule has 0 aromatic rings. The van der Waals surface area contributed by atoms with Gasteiger partial charge in [-0.1, -0.05) is 6.92 Å². The fourth-order valence-electron chi connectivity index (χ4n) is 3.57. The van der Waals surface area contributed by atoms with E-state index in [1.807, 2.05) is 0 Å². The molecule has 2 fully saturated rings. The van der Waals surface area contributed by atoms with E-state index < -0.39 is 0 Å². The summed E-state index contributed by atoms with van der Waals surface area (Å²) in [4.78, 5) is 14.5. The van der Waals surface area contributed by atoms with Crippen molar-refractivity contribution in [3.05, 3.63) is 0 Å². The maximum atomic E-state index is 12.1. The molecule has 1 aliphatic heterocycles. The lowest BCUT2D eigenvalue weighted by Gasteiger charge is -2.32. The number of hydrogen-bond acceptors (Lipinski definition) is 3. The van der Waals surface area contributed by atoms with Crippen LogP contribution in [0.25, 0.3) is 0 Å². The fourth-order valence-corrected chi connectivity index (χ4v) is 3.57. The third-order valence-corrected chi connectivity index (χ3v) is 4.99. The minimum Gasteiger partial charge on any atom is -0.352 e. The number of likely N-dealkylation sites (N-methyl/N-ethyl adjacent to an activating group) is 1. The lowest BCUT2D eigenvalue weighted by Crippen LogP contribution is -2.47. The van der Waals surface area contributed by atoms with Gasteiger partial charge in [0, 0.05) is 25.0 Å². The van der Waals surface area contributed by atoms with Crippen LogP contribution in [0.3, 0.4) is 0 Å². The van der Waals surface area contributed by atoms with Crippen LogP contribution >= 0.6 is 0 Å². The summed E-state index contributed by atoms with van der Waals surface area (Å²) in [6.07, 6.45) is 8.79. The molecule has 1 atom stereocenters. The van der Waals surface area contributed by atoms with Crippen LogP contribution < -0.4 is 11.1 Å². The average Bonchev–Trinajstić information content (AvgIpc) is 2.47. The number of nitrogens with one attached hydrogen (secondary N) is 1. The zero-order valence-corrected chi connectivity index (χ0v) is 12.9. The van der Waals surface area contributed by atoms with E-state index in [-0.39, 0.29) is 5.91 Å². The van der Waals surface area contributed by atoms with Gasteiger partial charge in [-0.05, 0) is 64.0 Å². The van der Waals surface area contributed by atoms with E-state index in [1.54, 1.807) is 0 Å². The van der Waals surface area contributed by atoms with E-state index in [2.05, 4.69) is 17.1 Å². The van der Waals surface area contributed by atoms with Gasteiger partial charge in [0.2, 0.25) is 5.91 Å². The van der Waals surface area contributed by atoms with Crippen molar-refractivity contribution >= 4 is 5.91 Å². The summed E-state index contributed by atoms with van der Waals surface area (Å²) >= 11 is 0. The molecule has 1 unspecified atom stereocenters. The van der Waals surface area contributed by atoms with Crippen LogP contribution in [-0.4, -0.2) is 42.5 Å². The van der Waals surface area contributed by atoms with Gasteiger partial charge in [-0.15, -0.1) is 0 Å². The smallest absolute Gasteiger partial charge is 0.220 e. The molecule has 2 aliphatic rings. The number of nitrogens with two attached hydrogens (primary N) is 1. The zero-order chi connectivity index (χ0) is 14.4. The van der Waals surface area contributed by atoms with Crippen molar-refractivity contribution in [3.8, 4) is 0 Å². The maximum absolute atomic E-state index is 12.1. The summed E-state index contributed by atoms with van der Waals surface area (Å²) < 4.78 is 0. The van der Waals surface area contributed by atoms with Gasteiger partial charge in [0.1, 0.15) is 0 Å². The van der Waals surface area contributed by atoms with Gasteiger partial charge >= 0.3 is 0 Å². The molecule has 20 heavy (non-hydrogen) atoms. The van der Waals surface area contributed by atoms with E-state index in [4.69, 9.17) is 5.73 Å². The van der Waals surface area contributed by atoms with Crippen molar-refractivity contribution < 1.29 is 4.79 Å². The topological polar surface area (TPSA) is 58.4 Å². The number of rotatable bonds is 5. The molecule has 2 rings (SSSR count). The molecule has 1 saturated carbocycles. The van der Waals surface area contributed by atoms with Crippen molar-refractivity contribution in [3.63, 3.8) is 0 Å². The summed E-state index contributed by atoms with van der Waals surface area (Å²) in [7, 11) is 0. The molecule has 3 N–H and O–H groups in total. The van der Waals surface area contributed by atoms with Gasteiger partial charge in [0.05, 0.1) is 0 Å². The first-order chi connectivity index (χ1) is 9.67. The predicted molar refractivity (Wildman–Crippen MR) is 82.4 cm³/mol. The minimum atomic E-state index is 0.253. The highest BCUT2D eigenvalue weighted by Crippen LogP contribution is 2.26. The largest absolute Gasteiger partial charge is 0.352 e. The van der Waals surface area contributed by atoms with Crippen LogP contribution in [0.4, 0.5) is 0 Å². The molecule has 0 bridgehead atoms. The Balaban J connectivity index is 1.62. The Bertz CT molecular complexity index is 300. The van der Waals surface area contributed by atoms with Crippen LogP contribution in [0.5, 0.6) is 0 Å². The van der Waals surface area contributed by atoms with Crippen LogP contribution in [0, 0.1) is 5.92 Å².